The minimum Gasteiger partial charge on any atom is -0.462 e. The Hall–Kier alpha value is -2.89. The van der Waals surface area contributed by atoms with Gasteiger partial charge >= 0.3 is 17.9 Å². The molecule has 0 bridgehead atoms. The van der Waals surface area contributed by atoms with Crippen LogP contribution in [0.3, 0.4) is 0 Å². The van der Waals surface area contributed by atoms with Gasteiger partial charge in [0.1, 0.15) is 13.2 Å². The summed E-state index contributed by atoms with van der Waals surface area (Å²) in [6.45, 7) is 6.51. The molecule has 0 aromatic heterocycles. The van der Waals surface area contributed by atoms with Crippen molar-refractivity contribution in [2.75, 3.05) is 13.2 Å². The van der Waals surface area contributed by atoms with Gasteiger partial charge in [-0.1, -0.05) is 261 Å². The van der Waals surface area contributed by atoms with Crippen molar-refractivity contribution in [2.45, 2.75) is 309 Å². The van der Waals surface area contributed by atoms with Crippen LogP contribution in [0, 0.1) is 0 Å². The maximum atomic E-state index is 12.8. The van der Waals surface area contributed by atoms with Crippen LogP contribution >= 0.6 is 0 Å². The maximum Gasteiger partial charge on any atom is 0.306 e. The number of carbonyl (C=O) groups is 3. The van der Waals surface area contributed by atoms with E-state index in [0.717, 1.165) is 83.5 Å². The average Bonchev–Trinajstić information content (AvgIpc) is 3.35. The first kappa shape index (κ1) is 66.1. The third kappa shape index (κ3) is 55.9. The molecule has 0 saturated heterocycles. The lowest BCUT2D eigenvalue weighted by Gasteiger charge is -2.18. The molecule has 0 aromatic carbocycles. The van der Waals surface area contributed by atoms with Gasteiger partial charge in [0.25, 0.3) is 0 Å². The molecule has 0 rings (SSSR count). The quantitative estimate of drug-likeness (QED) is 0.0262. The molecule has 0 fully saturated rings. The van der Waals surface area contributed by atoms with Gasteiger partial charge in [0, 0.05) is 19.3 Å². The average molecular weight is 966 g/mol. The van der Waals surface area contributed by atoms with E-state index in [0.29, 0.717) is 19.3 Å². The van der Waals surface area contributed by atoms with E-state index < -0.39 is 6.10 Å². The molecule has 0 aliphatic carbocycles. The summed E-state index contributed by atoms with van der Waals surface area (Å²) in [4.78, 5) is 38.0. The molecule has 0 radical (unpaired) electrons. The van der Waals surface area contributed by atoms with Gasteiger partial charge in [-0.2, -0.15) is 0 Å². The number of carbonyl (C=O) groups excluding carboxylic acids is 3. The summed E-state index contributed by atoms with van der Waals surface area (Å²) in [5.41, 5.74) is 0. The zero-order valence-corrected chi connectivity index (χ0v) is 45.8. The summed E-state index contributed by atoms with van der Waals surface area (Å²) in [6, 6.07) is 0. The number of hydrogen-bond donors (Lipinski definition) is 0. The van der Waals surface area contributed by atoms with Crippen LogP contribution in [-0.2, 0) is 28.6 Å². The molecule has 0 saturated carbocycles. The monoisotopic (exact) mass is 965 g/mol. The van der Waals surface area contributed by atoms with Crippen molar-refractivity contribution in [3.8, 4) is 0 Å². The second-order valence-corrected chi connectivity index (χ2v) is 19.9. The highest BCUT2D eigenvalue weighted by atomic mass is 16.6. The first-order chi connectivity index (χ1) is 34.0. The number of esters is 3. The van der Waals surface area contributed by atoms with Crippen molar-refractivity contribution in [1.29, 1.82) is 0 Å². The lowest BCUT2D eigenvalue weighted by molar-refractivity contribution is -0.167. The van der Waals surface area contributed by atoms with E-state index in [1.54, 1.807) is 0 Å². The number of unbranched alkanes of at least 4 members (excludes halogenated alkanes) is 33. The summed E-state index contributed by atoms with van der Waals surface area (Å²) in [6.07, 6.45) is 72.4. The Kier molecular flexibility index (Phi) is 55.3. The third-order valence-corrected chi connectivity index (χ3v) is 13.0. The Morgan fingerprint density at radius 3 is 0.899 bits per heavy atom. The van der Waals surface area contributed by atoms with Gasteiger partial charge in [0.15, 0.2) is 6.10 Å². The standard InChI is InChI=1S/C63H112O6/c1-4-7-10-13-16-18-20-22-24-26-28-30-31-33-34-36-38-40-42-44-47-50-53-56-62(65)68-59-60(58-67-61(64)55-52-49-46-15-12-9-6-3)69-63(66)57-54-51-48-45-43-41-39-37-35-32-29-27-25-23-21-19-17-14-11-8-5-2/h7,10,16,18,22,24,27-30,60H,4-6,8-9,11-15,17,19-21,23,25-26,31-59H2,1-3H3/b10-7-,18-16-,24-22-,29-27-,30-28-. The summed E-state index contributed by atoms with van der Waals surface area (Å²) >= 11 is 0. The smallest absolute Gasteiger partial charge is 0.306 e. The van der Waals surface area contributed by atoms with Gasteiger partial charge in [-0.25, -0.2) is 0 Å². The highest BCUT2D eigenvalue weighted by Crippen LogP contribution is 2.16. The van der Waals surface area contributed by atoms with Crippen LogP contribution < -0.4 is 0 Å². The Balaban J connectivity index is 4.17. The van der Waals surface area contributed by atoms with Crippen LogP contribution in [-0.4, -0.2) is 37.2 Å². The molecule has 0 aromatic rings. The summed E-state index contributed by atoms with van der Waals surface area (Å²) in [5.74, 6) is -0.875. The van der Waals surface area contributed by atoms with E-state index in [9.17, 15) is 14.4 Å². The lowest BCUT2D eigenvalue weighted by Crippen LogP contribution is -2.30. The van der Waals surface area contributed by atoms with E-state index >= 15 is 0 Å². The molecule has 69 heavy (non-hydrogen) atoms. The van der Waals surface area contributed by atoms with Crippen molar-refractivity contribution in [1.82, 2.24) is 0 Å². The molecule has 0 N–H and O–H groups in total. The minimum atomic E-state index is -0.774. The van der Waals surface area contributed by atoms with Crippen LogP contribution in [0.1, 0.15) is 303 Å². The molecule has 400 valence electrons. The fourth-order valence-electron chi connectivity index (χ4n) is 8.55. The first-order valence-corrected chi connectivity index (χ1v) is 29.8. The lowest BCUT2D eigenvalue weighted by atomic mass is 10.0. The number of allylic oxidation sites excluding steroid dienone is 10. The maximum absolute atomic E-state index is 12.8. The molecular formula is C63H112O6. The fraction of sp³-hybridized carbons (Fsp3) is 0.794. The molecule has 1 unspecified atom stereocenters. The van der Waals surface area contributed by atoms with Gasteiger partial charge in [0.05, 0.1) is 0 Å². The minimum absolute atomic E-state index is 0.0742. The summed E-state index contributed by atoms with van der Waals surface area (Å²) in [7, 11) is 0. The topological polar surface area (TPSA) is 78.9 Å². The van der Waals surface area contributed by atoms with E-state index in [-0.39, 0.29) is 31.1 Å². The predicted octanol–water partition coefficient (Wildman–Crippen LogP) is 20.0. The zero-order valence-electron chi connectivity index (χ0n) is 45.8. The van der Waals surface area contributed by atoms with Gasteiger partial charge in [-0.15, -0.1) is 0 Å². The van der Waals surface area contributed by atoms with E-state index in [1.165, 1.54) is 180 Å². The van der Waals surface area contributed by atoms with Crippen molar-refractivity contribution in [2.24, 2.45) is 0 Å². The second kappa shape index (κ2) is 57.7. The molecule has 0 spiro atoms. The van der Waals surface area contributed by atoms with Crippen molar-refractivity contribution < 1.29 is 28.6 Å². The van der Waals surface area contributed by atoms with Crippen LogP contribution in [0.15, 0.2) is 60.8 Å². The number of hydrogen-bond acceptors (Lipinski definition) is 6. The fourth-order valence-corrected chi connectivity index (χ4v) is 8.55. The van der Waals surface area contributed by atoms with E-state index in [4.69, 9.17) is 14.2 Å². The second-order valence-electron chi connectivity index (χ2n) is 19.9. The molecule has 1 atom stereocenters. The van der Waals surface area contributed by atoms with Gasteiger partial charge < -0.3 is 14.2 Å². The summed E-state index contributed by atoms with van der Waals surface area (Å²) < 4.78 is 16.8. The van der Waals surface area contributed by atoms with Crippen LogP contribution in [0.25, 0.3) is 0 Å². The molecule has 0 heterocycles. The third-order valence-electron chi connectivity index (χ3n) is 13.0. The van der Waals surface area contributed by atoms with Crippen molar-refractivity contribution in [3.05, 3.63) is 60.8 Å². The first-order valence-electron chi connectivity index (χ1n) is 29.8. The van der Waals surface area contributed by atoms with Crippen LogP contribution in [0.4, 0.5) is 0 Å². The Labute approximate surface area is 428 Å². The van der Waals surface area contributed by atoms with Crippen LogP contribution in [0.2, 0.25) is 0 Å². The SMILES string of the molecule is CC/C=C\C/C=C\C/C=C\C/C=C\CCCCCCCCCCCCC(=O)OCC(COC(=O)CCCCCCCCC)OC(=O)CCCCCCCCCCC/C=C\CCCCCCCCCC. The highest BCUT2D eigenvalue weighted by Gasteiger charge is 2.19. The predicted molar refractivity (Wildman–Crippen MR) is 298 cm³/mol. The Morgan fingerprint density at radius 1 is 0.304 bits per heavy atom. The van der Waals surface area contributed by atoms with Crippen molar-refractivity contribution >= 4 is 17.9 Å². The zero-order chi connectivity index (χ0) is 50.0. The van der Waals surface area contributed by atoms with Gasteiger partial charge in [0.2, 0.25) is 0 Å². The van der Waals surface area contributed by atoms with E-state index in [2.05, 4.69) is 81.5 Å². The molecule has 0 amide bonds. The number of ether oxygens (including phenoxy) is 3. The van der Waals surface area contributed by atoms with E-state index in [1.807, 2.05) is 0 Å². The highest BCUT2D eigenvalue weighted by molar-refractivity contribution is 5.71. The normalized spacial score (nSPS) is 12.4. The molecule has 0 aliphatic rings. The molecule has 6 heteroatoms. The van der Waals surface area contributed by atoms with Crippen LogP contribution in [0.5, 0.6) is 0 Å². The Bertz CT molecular complexity index is 1250. The van der Waals surface area contributed by atoms with Gasteiger partial charge in [-0.05, 0) is 83.5 Å². The number of rotatable bonds is 54. The molecular weight excluding hydrogens is 853 g/mol. The molecule has 6 nitrogen and oxygen atoms in total. The van der Waals surface area contributed by atoms with Crippen molar-refractivity contribution in [3.63, 3.8) is 0 Å². The van der Waals surface area contributed by atoms with Gasteiger partial charge in [-0.3, -0.25) is 14.4 Å². The Morgan fingerprint density at radius 2 is 0.565 bits per heavy atom. The summed E-state index contributed by atoms with van der Waals surface area (Å²) in [5, 5.41) is 0. The molecule has 0 aliphatic heterocycles. The largest absolute Gasteiger partial charge is 0.462 e.